The lowest BCUT2D eigenvalue weighted by molar-refractivity contribution is 0.847. The third-order valence-electron chi connectivity index (χ3n) is 14.2. The molecule has 0 radical (unpaired) electrons. The number of aromatic nitrogens is 5. The second-order valence-electron chi connectivity index (χ2n) is 18.5. The topological polar surface area (TPSA) is 48.5 Å². The molecule has 0 bridgehead atoms. The van der Waals surface area contributed by atoms with E-state index < -0.39 is 0 Å². The number of pyridine rings is 1. The Bertz CT molecular complexity index is 4020. The molecule has 5 nitrogen and oxygen atoms in total. The van der Waals surface area contributed by atoms with E-state index in [0.29, 0.717) is 0 Å². The van der Waals surface area contributed by atoms with Crippen LogP contribution in [0.15, 0.2) is 249 Å². The highest BCUT2D eigenvalue weighted by atomic mass is 32.1. The van der Waals surface area contributed by atoms with Gasteiger partial charge in [0.2, 0.25) is 0 Å². The number of fused-ring (bicyclic) bond motifs is 3. The number of nitrogens with zero attached hydrogens (tertiary/aromatic N) is 5. The molecule has 0 saturated carbocycles. The van der Waals surface area contributed by atoms with Gasteiger partial charge in [-0.25, -0.2) is 9.36 Å². The average molecular weight is 954 g/mol. The maximum Gasteiger partial charge on any atom is 0.0708 e. The summed E-state index contributed by atoms with van der Waals surface area (Å²) < 4.78 is 6.62. The van der Waals surface area contributed by atoms with E-state index in [9.17, 15) is 0 Å². The predicted octanol–water partition coefficient (Wildman–Crippen LogP) is 17.8. The van der Waals surface area contributed by atoms with Crippen LogP contribution in [0.3, 0.4) is 0 Å². The Hall–Kier alpha value is -9.23. The van der Waals surface area contributed by atoms with Crippen LogP contribution in [0.2, 0.25) is 0 Å². The monoisotopic (exact) mass is 953 g/mol. The van der Waals surface area contributed by atoms with Gasteiger partial charge in [-0.1, -0.05) is 170 Å². The van der Waals surface area contributed by atoms with Crippen molar-refractivity contribution in [3.63, 3.8) is 0 Å². The Morgan fingerprint density at radius 2 is 0.740 bits per heavy atom. The Labute approximate surface area is 428 Å². The molecule has 13 aromatic rings. The molecule has 13 rings (SSSR count). The minimum atomic E-state index is 0.933. The van der Waals surface area contributed by atoms with E-state index in [2.05, 4.69) is 238 Å². The van der Waals surface area contributed by atoms with Crippen LogP contribution in [-0.2, 0) is 0 Å². The summed E-state index contributed by atoms with van der Waals surface area (Å²) in [6.45, 7) is 4.32. The van der Waals surface area contributed by atoms with Crippen LogP contribution in [-0.4, -0.2) is 24.5 Å². The first-order valence-electron chi connectivity index (χ1n) is 24.7. The van der Waals surface area contributed by atoms with Crippen LogP contribution < -0.4 is 0 Å². The summed E-state index contributed by atoms with van der Waals surface area (Å²) in [4.78, 5) is 5.21. The lowest BCUT2D eigenvalue weighted by Gasteiger charge is -2.19. The average Bonchev–Trinajstić information content (AvgIpc) is 4.17. The number of hydrogen-bond acceptors (Lipinski definition) is 4. The van der Waals surface area contributed by atoms with Gasteiger partial charge in [0, 0.05) is 60.0 Å². The van der Waals surface area contributed by atoms with Crippen LogP contribution >= 0.6 is 11.3 Å². The van der Waals surface area contributed by atoms with E-state index >= 15 is 0 Å². The molecule has 0 aliphatic heterocycles. The van der Waals surface area contributed by atoms with Crippen molar-refractivity contribution in [2.75, 3.05) is 0 Å². The highest BCUT2D eigenvalue weighted by Gasteiger charge is 2.22. The normalized spacial score (nSPS) is 11.4. The molecular formula is C67H47N5S. The molecule has 0 spiro atoms. The van der Waals surface area contributed by atoms with Crippen LogP contribution in [0.1, 0.15) is 11.4 Å². The Balaban J connectivity index is 1.02. The molecule has 0 aliphatic rings. The van der Waals surface area contributed by atoms with Crippen molar-refractivity contribution in [3.05, 3.63) is 261 Å². The molecule has 0 N–H and O–H groups in total. The van der Waals surface area contributed by atoms with Gasteiger partial charge in [-0.15, -0.1) is 11.3 Å². The minimum absolute atomic E-state index is 0.933. The van der Waals surface area contributed by atoms with E-state index in [-0.39, 0.29) is 0 Å². The third kappa shape index (κ3) is 7.95. The molecule has 73 heavy (non-hydrogen) atoms. The molecular weight excluding hydrogens is 907 g/mol. The van der Waals surface area contributed by atoms with Crippen molar-refractivity contribution in [2.24, 2.45) is 0 Å². The summed E-state index contributed by atoms with van der Waals surface area (Å²) >= 11 is 1.85. The third-order valence-corrected chi connectivity index (χ3v) is 15.3. The first-order chi connectivity index (χ1) is 36.0. The van der Waals surface area contributed by atoms with Crippen LogP contribution in [0.25, 0.3) is 121 Å². The van der Waals surface area contributed by atoms with Crippen molar-refractivity contribution in [1.82, 2.24) is 24.5 Å². The maximum atomic E-state index is 5.21. The summed E-state index contributed by atoms with van der Waals surface area (Å²) in [5.41, 5.74) is 21.7. The standard InChI is InChI=1S/C67H47N5S/c1-44-62(42-69-71(44)51-22-8-4-9-23-51)56-29-15-12-26-53(56)48-36-49(54-27-13-16-30-57(54)63-43-70-72(45(63)2)52-24-10-5-11-25-52)38-50(37-48)55-28-14-17-31-58(55)64-41-68-65(46-20-6-3-7-21-46)40-61(64)47-34-35-60-59-32-18-19-33-66(59)73-67(60)39-47/h3-43H,1-2H3. The van der Waals surface area contributed by atoms with E-state index in [1.165, 1.54) is 20.2 Å². The second-order valence-corrected chi connectivity index (χ2v) is 19.6. The van der Waals surface area contributed by atoms with Gasteiger partial charge < -0.3 is 0 Å². The quantitative estimate of drug-likeness (QED) is 0.137. The molecule has 346 valence electrons. The van der Waals surface area contributed by atoms with Crippen molar-refractivity contribution in [3.8, 4) is 101 Å². The number of thiophene rings is 1. The molecule has 6 heteroatoms. The van der Waals surface area contributed by atoms with E-state index in [1.807, 2.05) is 45.2 Å². The fraction of sp³-hybridized carbons (Fsp3) is 0.0299. The van der Waals surface area contributed by atoms with Crippen LogP contribution in [0, 0.1) is 13.8 Å². The first kappa shape index (κ1) is 43.8. The number of benzene rings is 9. The molecule has 0 amide bonds. The van der Waals surface area contributed by atoms with Gasteiger partial charge in [-0.05, 0) is 136 Å². The zero-order valence-corrected chi connectivity index (χ0v) is 41.1. The van der Waals surface area contributed by atoms with Gasteiger partial charge in [0.1, 0.15) is 0 Å². The highest BCUT2D eigenvalue weighted by molar-refractivity contribution is 7.25. The van der Waals surface area contributed by atoms with Gasteiger partial charge in [-0.3, -0.25) is 4.98 Å². The second kappa shape index (κ2) is 18.5. The highest BCUT2D eigenvalue weighted by Crippen LogP contribution is 2.46. The smallest absolute Gasteiger partial charge is 0.0708 e. The lowest BCUT2D eigenvalue weighted by Crippen LogP contribution is -1.98. The summed E-state index contributed by atoms with van der Waals surface area (Å²) in [5, 5.41) is 12.4. The number of rotatable bonds is 10. The van der Waals surface area contributed by atoms with Crippen molar-refractivity contribution in [1.29, 1.82) is 0 Å². The SMILES string of the molecule is Cc1c(-c2ccccc2-c2cc(-c3ccccc3-c3cnc(-c4ccccc4)cc3-c3ccc4c(c3)sc3ccccc34)cc(-c3ccccc3-c3cnn(-c4ccccc4)c3C)c2)cnn1-c1ccccc1. The molecule has 0 unspecified atom stereocenters. The Morgan fingerprint density at radius 3 is 1.27 bits per heavy atom. The molecule has 0 fully saturated rings. The van der Waals surface area contributed by atoms with Gasteiger partial charge in [-0.2, -0.15) is 10.2 Å². The summed E-state index contributed by atoms with van der Waals surface area (Å²) in [7, 11) is 0. The van der Waals surface area contributed by atoms with Crippen molar-refractivity contribution >= 4 is 31.5 Å². The van der Waals surface area contributed by atoms with Gasteiger partial charge in [0.15, 0.2) is 0 Å². The predicted molar refractivity (Wildman–Crippen MR) is 304 cm³/mol. The summed E-state index contributed by atoms with van der Waals surface area (Å²) in [5.74, 6) is 0. The summed E-state index contributed by atoms with van der Waals surface area (Å²) in [6, 6.07) is 82.6. The van der Waals surface area contributed by atoms with Gasteiger partial charge in [0.05, 0.1) is 29.5 Å². The Morgan fingerprint density at radius 1 is 0.301 bits per heavy atom. The Kier molecular flexibility index (Phi) is 11.1. The summed E-state index contributed by atoms with van der Waals surface area (Å²) in [6.07, 6.45) is 6.10. The fourth-order valence-corrected chi connectivity index (χ4v) is 11.7. The molecule has 0 atom stereocenters. The van der Waals surface area contributed by atoms with Crippen LogP contribution in [0.4, 0.5) is 0 Å². The van der Waals surface area contributed by atoms with Gasteiger partial charge in [0.25, 0.3) is 0 Å². The fourth-order valence-electron chi connectivity index (χ4n) is 10.6. The number of para-hydroxylation sites is 2. The van der Waals surface area contributed by atoms with E-state index in [4.69, 9.17) is 15.2 Å². The lowest BCUT2D eigenvalue weighted by atomic mass is 9.85. The van der Waals surface area contributed by atoms with E-state index in [0.717, 1.165) is 112 Å². The zero-order chi connectivity index (χ0) is 48.8. The van der Waals surface area contributed by atoms with Crippen LogP contribution in [0.5, 0.6) is 0 Å². The molecule has 4 heterocycles. The molecule has 0 saturated heterocycles. The van der Waals surface area contributed by atoms with Crippen molar-refractivity contribution < 1.29 is 0 Å². The molecule has 0 aliphatic carbocycles. The minimum Gasteiger partial charge on any atom is -0.256 e. The first-order valence-corrected chi connectivity index (χ1v) is 25.5. The largest absolute Gasteiger partial charge is 0.256 e. The van der Waals surface area contributed by atoms with Gasteiger partial charge >= 0.3 is 0 Å². The van der Waals surface area contributed by atoms with E-state index in [1.54, 1.807) is 0 Å². The van der Waals surface area contributed by atoms with Crippen molar-refractivity contribution in [2.45, 2.75) is 13.8 Å². The zero-order valence-electron chi connectivity index (χ0n) is 40.3. The maximum absolute atomic E-state index is 5.21. The molecule has 9 aromatic carbocycles. The number of hydrogen-bond donors (Lipinski definition) is 0. The molecule has 4 aromatic heterocycles.